The summed E-state index contributed by atoms with van der Waals surface area (Å²) in [6, 6.07) is 4.05. The summed E-state index contributed by atoms with van der Waals surface area (Å²) in [5.41, 5.74) is -0.384. The van der Waals surface area contributed by atoms with Crippen molar-refractivity contribution in [3.8, 4) is 5.75 Å². The van der Waals surface area contributed by atoms with Crippen LogP contribution in [-0.4, -0.2) is 20.2 Å². The number of furan rings is 1. The number of hydrogen-bond donors (Lipinski definition) is 0. The van der Waals surface area contributed by atoms with E-state index in [4.69, 9.17) is 9.15 Å². The van der Waals surface area contributed by atoms with Gasteiger partial charge in [-0.05, 0) is 18.2 Å². The molecule has 6 heteroatoms. The molecular formula is C13H12F2O4. The van der Waals surface area contributed by atoms with Crippen LogP contribution in [0, 0.1) is 0 Å². The maximum Gasteiger partial charge on any atom is 0.373 e. The fourth-order valence-electron chi connectivity index (χ4n) is 1.77. The summed E-state index contributed by atoms with van der Waals surface area (Å²) in [5, 5.41) is 0.358. The van der Waals surface area contributed by atoms with Gasteiger partial charge in [-0.15, -0.1) is 0 Å². The number of rotatable bonds is 3. The summed E-state index contributed by atoms with van der Waals surface area (Å²) < 4.78 is 41.7. The minimum atomic E-state index is -3.11. The molecule has 0 bridgehead atoms. The van der Waals surface area contributed by atoms with Crippen molar-refractivity contribution in [3.63, 3.8) is 0 Å². The maximum atomic E-state index is 13.6. The molecule has 1 aromatic heterocycles. The standard InChI is InChI=1S/C13H12F2O4/c1-13(14,15)9-6-8(17-2)4-7-5-10(12(16)18-3)19-11(7)9/h4-6H,1-3H3. The highest BCUT2D eigenvalue weighted by atomic mass is 19.3. The fraction of sp³-hybridized carbons (Fsp3) is 0.308. The highest BCUT2D eigenvalue weighted by molar-refractivity contribution is 5.94. The summed E-state index contributed by atoms with van der Waals surface area (Å²) in [6.07, 6.45) is 0. The molecule has 0 aliphatic heterocycles. The van der Waals surface area contributed by atoms with Crippen LogP contribution in [0.15, 0.2) is 22.6 Å². The van der Waals surface area contributed by atoms with E-state index in [0.29, 0.717) is 5.39 Å². The van der Waals surface area contributed by atoms with Crippen LogP contribution < -0.4 is 4.74 Å². The van der Waals surface area contributed by atoms with Gasteiger partial charge in [0.15, 0.2) is 0 Å². The number of ether oxygens (including phenoxy) is 2. The number of hydrogen-bond acceptors (Lipinski definition) is 4. The first kappa shape index (κ1) is 13.3. The number of esters is 1. The second-order valence-corrected chi connectivity index (χ2v) is 4.08. The Morgan fingerprint density at radius 3 is 2.47 bits per heavy atom. The van der Waals surface area contributed by atoms with Gasteiger partial charge in [-0.2, -0.15) is 0 Å². The van der Waals surface area contributed by atoms with Crippen LogP contribution in [0.5, 0.6) is 5.75 Å². The smallest absolute Gasteiger partial charge is 0.373 e. The number of benzene rings is 1. The van der Waals surface area contributed by atoms with E-state index >= 15 is 0 Å². The van der Waals surface area contributed by atoms with Gasteiger partial charge < -0.3 is 13.9 Å². The molecule has 0 radical (unpaired) electrons. The van der Waals surface area contributed by atoms with Crippen LogP contribution in [-0.2, 0) is 10.7 Å². The normalized spacial score (nSPS) is 11.6. The van der Waals surface area contributed by atoms with Crippen LogP contribution in [0.3, 0.4) is 0 Å². The third kappa shape index (κ3) is 2.38. The van der Waals surface area contributed by atoms with Crippen molar-refractivity contribution < 1.29 is 27.5 Å². The lowest BCUT2D eigenvalue weighted by Gasteiger charge is -2.12. The van der Waals surface area contributed by atoms with Crippen molar-refractivity contribution in [2.75, 3.05) is 14.2 Å². The Kier molecular flexibility index (Phi) is 3.18. The molecular weight excluding hydrogens is 258 g/mol. The molecule has 0 N–H and O–H groups in total. The average molecular weight is 270 g/mol. The molecule has 19 heavy (non-hydrogen) atoms. The molecule has 0 aliphatic carbocycles. The lowest BCUT2D eigenvalue weighted by atomic mass is 10.1. The zero-order valence-electron chi connectivity index (χ0n) is 10.6. The van der Waals surface area contributed by atoms with Crippen molar-refractivity contribution in [3.05, 3.63) is 29.5 Å². The largest absolute Gasteiger partial charge is 0.497 e. The van der Waals surface area contributed by atoms with Crippen LogP contribution in [0.1, 0.15) is 23.0 Å². The molecule has 0 atom stereocenters. The molecule has 2 rings (SSSR count). The number of alkyl halides is 2. The summed E-state index contributed by atoms with van der Waals surface area (Å²) in [6.45, 7) is 0.752. The second kappa shape index (κ2) is 4.53. The van der Waals surface area contributed by atoms with Crippen LogP contribution >= 0.6 is 0 Å². The quantitative estimate of drug-likeness (QED) is 0.802. The number of halogens is 2. The molecule has 0 fully saturated rings. The van der Waals surface area contributed by atoms with Crippen molar-refractivity contribution in [1.29, 1.82) is 0 Å². The molecule has 0 aliphatic rings. The van der Waals surface area contributed by atoms with Crippen LogP contribution in [0.4, 0.5) is 8.78 Å². The lowest BCUT2D eigenvalue weighted by molar-refractivity contribution is 0.0177. The van der Waals surface area contributed by atoms with E-state index in [2.05, 4.69) is 4.74 Å². The van der Waals surface area contributed by atoms with E-state index in [1.165, 1.54) is 32.4 Å². The van der Waals surface area contributed by atoms with Gasteiger partial charge in [-0.1, -0.05) is 0 Å². The minimum Gasteiger partial charge on any atom is -0.497 e. The highest BCUT2D eigenvalue weighted by Crippen LogP contribution is 2.37. The summed E-state index contributed by atoms with van der Waals surface area (Å²) in [4.78, 5) is 11.4. The number of carbonyl (C=O) groups excluding carboxylic acids is 1. The molecule has 0 saturated heterocycles. The Balaban J connectivity index is 2.72. The van der Waals surface area contributed by atoms with Gasteiger partial charge in [0.25, 0.3) is 5.92 Å². The maximum absolute atomic E-state index is 13.6. The van der Waals surface area contributed by atoms with E-state index in [1.807, 2.05) is 0 Å². The summed E-state index contributed by atoms with van der Waals surface area (Å²) in [5.74, 6) is -3.70. The van der Waals surface area contributed by atoms with Crippen LogP contribution in [0.25, 0.3) is 11.0 Å². The summed E-state index contributed by atoms with van der Waals surface area (Å²) in [7, 11) is 2.56. The minimum absolute atomic E-state index is 0.0475. The first-order valence-electron chi connectivity index (χ1n) is 5.45. The average Bonchev–Trinajstić information content (AvgIpc) is 2.78. The van der Waals surface area contributed by atoms with E-state index in [9.17, 15) is 13.6 Å². The molecule has 0 amide bonds. The Hall–Kier alpha value is -2.11. The van der Waals surface area contributed by atoms with E-state index in [1.54, 1.807) is 0 Å². The number of fused-ring (bicyclic) bond motifs is 1. The Morgan fingerprint density at radius 2 is 1.95 bits per heavy atom. The summed E-state index contributed by atoms with van der Waals surface area (Å²) >= 11 is 0. The van der Waals surface area contributed by atoms with Crippen molar-refractivity contribution in [2.45, 2.75) is 12.8 Å². The molecule has 1 aromatic carbocycles. The second-order valence-electron chi connectivity index (χ2n) is 4.08. The Morgan fingerprint density at radius 1 is 1.26 bits per heavy atom. The zero-order valence-corrected chi connectivity index (χ0v) is 10.6. The molecule has 0 saturated carbocycles. The molecule has 102 valence electrons. The van der Waals surface area contributed by atoms with Gasteiger partial charge in [0, 0.05) is 12.3 Å². The molecule has 0 spiro atoms. The molecule has 0 unspecified atom stereocenters. The van der Waals surface area contributed by atoms with Gasteiger partial charge in [0.1, 0.15) is 11.3 Å². The monoisotopic (exact) mass is 270 g/mol. The molecule has 2 aromatic rings. The van der Waals surface area contributed by atoms with Crippen molar-refractivity contribution in [2.24, 2.45) is 0 Å². The lowest BCUT2D eigenvalue weighted by Crippen LogP contribution is -2.07. The predicted molar refractivity (Wildman–Crippen MR) is 63.7 cm³/mol. The number of carbonyl (C=O) groups is 1. The van der Waals surface area contributed by atoms with Gasteiger partial charge in [-0.3, -0.25) is 0 Å². The number of methoxy groups -OCH3 is 2. The molecule has 4 nitrogen and oxygen atoms in total. The third-order valence-electron chi connectivity index (χ3n) is 2.69. The molecule has 1 heterocycles. The van der Waals surface area contributed by atoms with E-state index < -0.39 is 11.9 Å². The Labute approximate surface area is 107 Å². The topological polar surface area (TPSA) is 48.7 Å². The predicted octanol–water partition coefficient (Wildman–Crippen LogP) is 3.34. The van der Waals surface area contributed by atoms with Gasteiger partial charge >= 0.3 is 5.97 Å². The van der Waals surface area contributed by atoms with Gasteiger partial charge in [-0.25, -0.2) is 13.6 Å². The third-order valence-corrected chi connectivity index (χ3v) is 2.69. The van der Waals surface area contributed by atoms with E-state index in [-0.39, 0.29) is 22.7 Å². The zero-order chi connectivity index (χ0) is 14.2. The van der Waals surface area contributed by atoms with E-state index in [0.717, 1.165) is 6.92 Å². The highest BCUT2D eigenvalue weighted by Gasteiger charge is 2.30. The van der Waals surface area contributed by atoms with Crippen molar-refractivity contribution in [1.82, 2.24) is 0 Å². The Bertz CT molecular complexity index is 625. The fourth-order valence-corrected chi connectivity index (χ4v) is 1.77. The SMILES string of the molecule is COC(=O)c1cc2cc(OC)cc(C(C)(F)F)c2o1. The van der Waals surface area contributed by atoms with Crippen LogP contribution in [0.2, 0.25) is 0 Å². The first-order valence-corrected chi connectivity index (χ1v) is 5.45. The van der Waals surface area contributed by atoms with Gasteiger partial charge in [0.2, 0.25) is 5.76 Å². The first-order chi connectivity index (χ1) is 8.86. The van der Waals surface area contributed by atoms with Crippen molar-refractivity contribution >= 4 is 16.9 Å². The van der Waals surface area contributed by atoms with Gasteiger partial charge in [0.05, 0.1) is 19.8 Å².